The summed E-state index contributed by atoms with van der Waals surface area (Å²) < 4.78 is 10.8. The van der Waals surface area contributed by atoms with E-state index < -0.39 is 5.41 Å². The fourth-order valence-corrected chi connectivity index (χ4v) is 3.19. The van der Waals surface area contributed by atoms with Gasteiger partial charge in [-0.25, -0.2) is 4.79 Å². The number of nitrogens with zero attached hydrogens (tertiary/aromatic N) is 1. The van der Waals surface area contributed by atoms with Crippen LogP contribution in [0.1, 0.15) is 58.1 Å². The number of aromatic amines is 1. The molecule has 0 atom stereocenters. The molecule has 1 aromatic rings. The van der Waals surface area contributed by atoms with E-state index >= 15 is 0 Å². The van der Waals surface area contributed by atoms with Gasteiger partial charge in [-0.15, -0.1) is 0 Å². The first-order valence-corrected chi connectivity index (χ1v) is 9.70. The number of hydrogen-bond donors (Lipinski definition) is 3. The number of rotatable bonds is 5. The third-order valence-electron chi connectivity index (χ3n) is 5.19. The van der Waals surface area contributed by atoms with Crippen molar-refractivity contribution in [3.05, 3.63) is 11.8 Å². The minimum Gasteiger partial charge on any atom is -0.446 e. The molecule has 2 fully saturated rings. The van der Waals surface area contributed by atoms with Crippen LogP contribution in [0.25, 0.3) is 0 Å². The zero-order valence-electron chi connectivity index (χ0n) is 16.3. The molecular weight excluding hydrogens is 348 g/mol. The molecule has 1 aliphatic carbocycles. The van der Waals surface area contributed by atoms with Crippen LogP contribution in [0.15, 0.2) is 6.07 Å². The van der Waals surface area contributed by atoms with E-state index in [9.17, 15) is 9.59 Å². The van der Waals surface area contributed by atoms with E-state index in [4.69, 9.17) is 9.47 Å². The summed E-state index contributed by atoms with van der Waals surface area (Å²) in [6.45, 7) is 7.78. The van der Waals surface area contributed by atoms with Crippen molar-refractivity contribution in [2.45, 2.75) is 58.5 Å². The Morgan fingerprint density at radius 2 is 2.00 bits per heavy atom. The second-order valence-corrected chi connectivity index (χ2v) is 8.54. The smallest absolute Gasteiger partial charge is 0.407 e. The zero-order chi connectivity index (χ0) is 19.4. The number of carbonyl (C=O) groups excluding carboxylic acids is 2. The van der Waals surface area contributed by atoms with Crippen molar-refractivity contribution >= 4 is 17.8 Å². The summed E-state index contributed by atoms with van der Waals surface area (Å²) in [4.78, 5) is 23.9. The average molecular weight is 378 g/mol. The Morgan fingerprint density at radius 3 is 2.67 bits per heavy atom. The third-order valence-corrected chi connectivity index (χ3v) is 5.19. The van der Waals surface area contributed by atoms with E-state index in [1.807, 2.05) is 26.8 Å². The predicted molar refractivity (Wildman–Crippen MR) is 100 cm³/mol. The fourth-order valence-electron chi connectivity index (χ4n) is 3.19. The van der Waals surface area contributed by atoms with Crippen LogP contribution in [0.3, 0.4) is 0 Å². The van der Waals surface area contributed by atoms with Crippen molar-refractivity contribution in [1.82, 2.24) is 15.5 Å². The number of hydrogen-bond acceptors (Lipinski definition) is 5. The minimum absolute atomic E-state index is 0.0614. The maximum Gasteiger partial charge on any atom is 0.407 e. The van der Waals surface area contributed by atoms with Crippen LogP contribution in [0, 0.1) is 11.3 Å². The Morgan fingerprint density at radius 1 is 1.30 bits per heavy atom. The Kier molecular flexibility index (Phi) is 6.04. The van der Waals surface area contributed by atoms with E-state index in [1.165, 1.54) is 0 Å². The first kappa shape index (κ1) is 19.7. The van der Waals surface area contributed by atoms with E-state index in [0.717, 1.165) is 44.6 Å². The lowest BCUT2D eigenvalue weighted by molar-refractivity contribution is -0.123. The number of H-pyrrole nitrogens is 1. The van der Waals surface area contributed by atoms with Gasteiger partial charge in [-0.2, -0.15) is 5.10 Å². The molecule has 3 rings (SSSR count). The Labute approximate surface area is 159 Å². The quantitative estimate of drug-likeness (QED) is 0.731. The molecule has 0 aromatic carbocycles. The summed E-state index contributed by atoms with van der Waals surface area (Å²) in [7, 11) is 0. The molecule has 1 saturated carbocycles. The largest absolute Gasteiger partial charge is 0.446 e. The van der Waals surface area contributed by atoms with Gasteiger partial charge in [0.2, 0.25) is 5.91 Å². The summed E-state index contributed by atoms with van der Waals surface area (Å²) in [5.41, 5.74) is 0.431. The van der Waals surface area contributed by atoms with Crippen LogP contribution >= 0.6 is 0 Å². The molecule has 1 aliphatic heterocycles. The van der Waals surface area contributed by atoms with Gasteiger partial charge >= 0.3 is 6.09 Å². The molecule has 27 heavy (non-hydrogen) atoms. The summed E-state index contributed by atoms with van der Waals surface area (Å²) >= 11 is 0. The lowest BCUT2D eigenvalue weighted by atomic mass is 9.80. The van der Waals surface area contributed by atoms with E-state index in [1.54, 1.807) is 0 Å². The Balaban J connectivity index is 1.37. The van der Waals surface area contributed by atoms with Crippen LogP contribution in [0.2, 0.25) is 0 Å². The Hall–Kier alpha value is -2.09. The maximum atomic E-state index is 12.0. The molecule has 2 heterocycles. The highest BCUT2D eigenvalue weighted by atomic mass is 16.6. The molecule has 1 aromatic heterocycles. The number of ether oxygens (including phenoxy) is 2. The first-order chi connectivity index (χ1) is 12.8. The van der Waals surface area contributed by atoms with Gasteiger partial charge in [0.05, 0.1) is 5.69 Å². The molecule has 0 spiro atoms. The van der Waals surface area contributed by atoms with Gasteiger partial charge in [0.1, 0.15) is 11.9 Å². The standard InChI is InChI=1S/C19H30N4O4/c1-19(2,3)17(24)21-16-10-15(22-23-16)13-8-14(9-13)27-18(25)20-11-12-4-6-26-7-5-12/h10,12-14H,4-9,11H2,1-3H3,(H,20,25)(H2,21,22,23,24)/t13-,14+. The number of anilines is 1. The lowest BCUT2D eigenvalue weighted by Gasteiger charge is -2.33. The molecule has 8 heteroatoms. The molecule has 2 aliphatic rings. The third kappa shape index (κ3) is 5.45. The lowest BCUT2D eigenvalue weighted by Crippen LogP contribution is -2.38. The molecule has 0 radical (unpaired) electrons. The number of aromatic nitrogens is 2. The normalized spacial score (nSPS) is 23.4. The molecule has 1 saturated heterocycles. The molecule has 3 N–H and O–H groups in total. The Bertz CT molecular complexity index is 655. The molecule has 2 amide bonds. The van der Waals surface area contributed by atoms with Gasteiger partial charge in [0.15, 0.2) is 0 Å². The number of amides is 2. The SMILES string of the molecule is CC(C)(C)C(=O)Nc1cc([C@H]2C[C@@H](OC(=O)NCC3CCOCC3)C2)n[nH]1. The van der Waals surface area contributed by atoms with E-state index in [-0.39, 0.29) is 24.0 Å². The second kappa shape index (κ2) is 8.29. The van der Waals surface area contributed by atoms with Crippen LogP contribution in [-0.4, -0.2) is 48.1 Å². The highest BCUT2D eigenvalue weighted by molar-refractivity contribution is 5.93. The number of alkyl carbamates (subject to hydrolysis) is 1. The molecule has 150 valence electrons. The van der Waals surface area contributed by atoms with Gasteiger partial charge in [-0.3, -0.25) is 9.89 Å². The van der Waals surface area contributed by atoms with Crippen molar-refractivity contribution < 1.29 is 19.1 Å². The highest BCUT2D eigenvalue weighted by Gasteiger charge is 2.35. The summed E-state index contributed by atoms with van der Waals surface area (Å²) in [6.07, 6.45) is 3.06. The molecule has 0 unspecified atom stereocenters. The fraction of sp³-hybridized carbons (Fsp3) is 0.737. The molecular formula is C19H30N4O4. The van der Waals surface area contributed by atoms with Crippen molar-refractivity contribution in [3.8, 4) is 0 Å². The monoisotopic (exact) mass is 378 g/mol. The zero-order valence-corrected chi connectivity index (χ0v) is 16.3. The van der Waals surface area contributed by atoms with Crippen molar-refractivity contribution in [2.75, 3.05) is 25.1 Å². The molecule has 0 bridgehead atoms. The first-order valence-electron chi connectivity index (χ1n) is 9.70. The van der Waals surface area contributed by atoms with Crippen molar-refractivity contribution in [1.29, 1.82) is 0 Å². The van der Waals surface area contributed by atoms with Crippen molar-refractivity contribution in [2.24, 2.45) is 11.3 Å². The van der Waals surface area contributed by atoms with Gasteiger partial charge in [0.25, 0.3) is 0 Å². The van der Waals surface area contributed by atoms with Crippen LogP contribution in [0.4, 0.5) is 10.6 Å². The topological polar surface area (TPSA) is 105 Å². The minimum atomic E-state index is -0.460. The molecule has 8 nitrogen and oxygen atoms in total. The van der Waals surface area contributed by atoms with Gasteiger partial charge < -0.3 is 20.1 Å². The van der Waals surface area contributed by atoms with Crippen LogP contribution in [0.5, 0.6) is 0 Å². The number of nitrogens with one attached hydrogen (secondary N) is 3. The summed E-state index contributed by atoms with van der Waals surface area (Å²) in [5.74, 6) is 1.26. The summed E-state index contributed by atoms with van der Waals surface area (Å²) in [5, 5.41) is 12.8. The van der Waals surface area contributed by atoms with Gasteiger partial charge in [-0.05, 0) is 31.6 Å². The predicted octanol–water partition coefficient (Wildman–Crippen LogP) is 2.79. The second-order valence-electron chi connectivity index (χ2n) is 8.54. The number of carbonyl (C=O) groups is 2. The maximum absolute atomic E-state index is 12.0. The average Bonchev–Trinajstić information content (AvgIpc) is 3.04. The highest BCUT2D eigenvalue weighted by Crippen LogP contribution is 2.38. The van der Waals surface area contributed by atoms with E-state index in [0.29, 0.717) is 18.3 Å². The van der Waals surface area contributed by atoms with Gasteiger partial charge in [0, 0.05) is 37.2 Å². The van der Waals surface area contributed by atoms with E-state index in [2.05, 4.69) is 20.8 Å². The van der Waals surface area contributed by atoms with Crippen LogP contribution in [-0.2, 0) is 14.3 Å². The van der Waals surface area contributed by atoms with Gasteiger partial charge in [-0.1, -0.05) is 20.8 Å². The van der Waals surface area contributed by atoms with Crippen molar-refractivity contribution in [3.63, 3.8) is 0 Å². The summed E-state index contributed by atoms with van der Waals surface area (Å²) in [6, 6.07) is 1.86. The van der Waals surface area contributed by atoms with Crippen LogP contribution < -0.4 is 10.6 Å².